The van der Waals surface area contributed by atoms with E-state index < -0.39 is 0 Å². The number of phenolic OH excluding ortho intramolecular Hbond substituents is 1. The molecular formula is C24H23NO4. The summed E-state index contributed by atoms with van der Waals surface area (Å²) in [7, 11) is 0. The number of Topliss-reactive ketones (excluding diaryl/α,β-unsaturated/α-hetero) is 1. The van der Waals surface area contributed by atoms with Gasteiger partial charge in [-0.15, -0.1) is 0 Å². The number of phenols is 1. The van der Waals surface area contributed by atoms with Crippen molar-refractivity contribution in [1.82, 2.24) is 4.98 Å². The molecule has 3 aromatic rings. The molecule has 0 atom stereocenters. The van der Waals surface area contributed by atoms with E-state index in [4.69, 9.17) is 4.74 Å². The number of fused-ring (bicyclic) bond motifs is 1. The van der Waals surface area contributed by atoms with Crippen LogP contribution >= 0.6 is 0 Å². The first kappa shape index (κ1) is 19.3. The zero-order valence-corrected chi connectivity index (χ0v) is 16.1. The van der Waals surface area contributed by atoms with Crippen LogP contribution in [0.15, 0.2) is 48.5 Å². The molecule has 0 bridgehead atoms. The molecule has 1 saturated heterocycles. The molecule has 1 aliphatic rings. The lowest BCUT2D eigenvalue weighted by Crippen LogP contribution is -2.19. The number of carbonyl (C=O) groups excluding carboxylic acids is 2. The standard InChI is InChI=1S/C24H23NO4/c26-15-20-19-10-8-18(14-17(19)9-11-23(20)27)21-6-1-7-22(25-21)24(28)16-4-2-12-29-13-3-5-16/h1,6-11,14-16,27H,2-5,12-13H2. The van der Waals surface area contributed by atoms with Crippen LogP contribution < -0.4 is 0 Å². The van der Waals surface area contributed by atoms with Crippen LogP contribution in [0.5, 0.6) is 5.75 Å². The molecule has 1 N–H and O–H groups in total. The Hall–Kier alpha value is -3.05. The maximum absolute atomic E-state index is 13.0. The summed E-state index contributed by atoms with van der Waals surface area (Å²) in [5.74, 6) is 0.0645. The number of nitrogens with zero attached hydrogens (tertiary/aromatic N) is 1. The van der Waals surface area contributed by atoms with Crippen LogP contribution in [0.25, 0.3) is 22.0 Å². The zero-order valence-electron chi connectivity index (χ0n) is 16.1. The number of ketones is 1. The van der Waals surface area contributed by atoms with Crippen molar-refractivity contribution in [3.63, 3.8) is 0 Å². The smallest absolute Gasteiger partial charge is 0.184 e. The number of aromatic nitrogens is 1. The second-order valence-corrected chi connectivity index (χ2v) is 7.42. The fourth-order valence-corrected chi connectivity index (χ4v) is 3.94. The van der Waals surface area contributed by atoms with Crippen LogP contribution in [0.4, 0.5) is 0 Å². The second-order valence-electron chi connectivity index (χ2n) is 7.42. The third-order valence-corrected chi connectivity index (χ3v) is 5.51. The van der Waals surface area contributed by atoms with Gasteiger partial charge in [-0.3, -0.25) is 9.59 Å². The van der Waals surface area contributed by atoms with Crippen molar-refractivity contribution in [3.05, 3.63) is 59.8 Å². The minimum Gasteiger partial charge on any atom is -0.507 e. The first-order valence-corrected chi connectivity index (χ1v) is 9.97. The maximum atomic E-state index is 13.0. The molecule has 0 amide bonds. The van der Waals surface area contributed by atoms with Crippen molar-refractivity contribution in [2.75, 3.05) is 13.2 Å². The predicted octanol–water partition coefficient (Wildman–Crippen LogP) is 4.81. The lowest BCUT2D eigenvalue weighted by Gasteiger charge is -2.18. The van der Waals surface area contributed by atoms with Crippen LogP contribution in [-0.2, 0) is 4.74 Å². The summed E-state index contributed by atoms with van der Waals surface area (Å²) in [4.78, 5) is 28.9. The van der Waals surface area contributed by atoms with E-state index in [0.29, 0.717) is 36.3 Å². The largest absolute Gasteiger partial charge is 0.507 e. The Morgan fingerprint density at radius 3 is 2.62 bits per heavy atom. The Morgan fingerprint density at radius 1 is 1.07 bits per heavy atom. The molecule has 5 heteroatoms. The van der Waals surface area contributed by atoms with Gasteiger partial charge in [-0.05, 0) is 60.7 Å². The molecule has 0 saturated carbocycles. The Balaban J connectivity index is 1.65. The third kappa shape index (κ3) is 4.05. The number of aromatic hydroxyl groups is 1. The van der Waals surface area contributed by atoms with Crippen LogP contribution in [0.3, 0.4) is 0 Å². The highest BCUT2D eigenvalue weighted by molar-refractivity contribution is 6.02. The van der Waals surface area contributed by atoms with Crippen molar-refractivity contribution < 1.29 is 19.4 Å². The molecule has 1 aliphatic heterocycles. The summed E-state index contributed by atoms with van der Waals surface area (Å²) in [6.07, 6.45) is 4.12. The minimum absolute atomic E-state index is 0.00335. The van der Waals surface area contributed by atoms with Gasteiger partial charge in [0, 0.05) is 24.7 Å². The topological polar surface area (TPSA) is 76.5 Å². The van der Waals surface area contributed by atoms with Crippen molar-refractivity contribution in [2.45, 2.75) is 25.7 Å². The van der Waals surface area contributed by atoms with E-state index in [1.807, 2.05) is 24.3 Å². The highest BCUT2D eigenvalue weighted by atomic mass is 16.5. The van der Waals surface area contributed by atoms with Crippen molar-refractivity contribution in [2.24, 2.45) is 5.92 Å². The van der Waals surface area contributed by atoms with Crippen LogP contribution in [0.2, 0.25) is 0 Å². The molecule has 2 aromatic carbocycles. The molecule has 0 radical (unpaired) electrons. The fourth-order valence-electron chi connectivity index (χ4n) is 3.94. The predicted molar refractivity (Wildman–Crippen MR) is 111 cm³/mol. The summed E-state index contributed by atoms with van der Waals surface area (Å²) < 4.78 is 5.48. The highest BCUT2D eigenvalue weighted by Crippen LogP contribution is 2.30. The number of aldehydes is 1. The van der Waals surface area contributed by atoms with Gasteiger partial charge < -0.3 is 9.84 Å². The first-order chi connectivity index (χ1) is 14.2. The fraction of sp³-hybridized carbons (Fsp3) is 0.292. The Labute approximate surface area is 169 Å². The van der Waals surface area contributed by atoms with Gasteiger partial charge in [-0.1, -0.05) is 24.3 Å². The first-order valence-electron chi connectivity index (χ1n) is 9.97. The number of rotatable bonds is 4. The van der Waals surface area contributed by atoms with E-state index in [1.54, 1.807) is 18.2 Å². The summed E-state index contributed by atoms with van der Waals surface area (Å²) >= 11 is 0. The van der Waals surface area contributed by atoms with Gasteiger partial charge in [-0.2, -0.15) is 0 Å². The SMILES string of the molecule is O=Cc1c(O)ccc2cc(-c3cccc(C(=O)C4CCCOCCC4)n3)ccc12. The summed E-state index contributed by atoms with van der Waals surface area (Å²) in [6.45, 7) is 1.43. The van der Waals surface area contributed by atoms with Gasteiger partial charge in [0.1, 0.15) is 11.4 Å². The number of carbonyl (C=O) groups is 2. The van der Waals surface area contributed by atoms with Gasteiger partial charge in [0.15, 0.2) is 12.1 Å². The van der Waals surface area contributed by atoms with Crippen molar-refractivity contribution >= 4 is 22.8 Å². The molecule has 29 heavy (non-hydrogen) atoms. The molecule has 4 rings (SSSR count). The van der Waals surface area contributed by atoms with E-state index in [-0.39, 0.29) is 23.0 Å². The van der Waals surface area contributed by atoms with E-state index >= 15 is 0 Å². The Kier molecular flexibility index (Phi) is 5.67. The zero-order chi connectivity index (χ0) is 20.2. The molecule has 5 nitrogen and oxygen atoms in total. The van der Waals surface area contributed by atoms with Gasteiger partial charge in [0.25, 0.3) is 0 Å². The number of ether oxygens (including phenoxy) is 1. The van der Waals surface area contributed by atoms with Crippen LogP contribution in [0, 0.1) is 5.92 Å². The van der Waals surface area contributed by atoms with E-state index in [0.717, 1.165) is 36.6 Å². The summed E-state index contributed by atoms with van der Waals surface area (Å²) in [6, 6.07) is 14.4. The number of pyridine rings is 1. The van der Waals surface area contributed by atoms with Gasteiger partial charge >= 0.3 is 0 Å². The van der Waals surface area contributed by atoms with Crippen molar-refractivity contribution in [1.29, 1.82) is 0 Å². The Morgan fingerprint density at radius 2 is 1.86 bits per heavy atom. The summed E-state index contributed by atoms with van der Waals surface area (Å²) in [5, 5.41) is 11.4. The number of hydrogen-bond donors (Lipinski definition) is 1. The molecule has 2 heterocycles. The molecule has 1 aromatic heterocycles. The van der Waals surface area contributed by atoms with E-state index in [9.17, 15) is 14.7 Å². The average Bonchev–Trinajstić information content (AvgIpc) is 2.73. The molecule has 148 valence electrons. The lowest BCUT2D eigenvalue weighted by molar-refractivity contribution is 0.0790. The molecular weight excluding hydrogens is 366 g/mol. The molecule has 0 aliphatic carbocycles. The van der Waals surface area contributed by atoms with Gasteiger partial charge in [0.05, 0.1) is 11.3 Å². The molecule has 0 spiro atoms. The van der Waals surface area contributed by atoms with Crippen molar-refractivity contribution in [3.8, 4) is 17.0 Å². The van der Waals surface area contributed by atoms with E-state index in [2.05, 4.69) is 4.98 Å². The number of hydrogen-bond acceptors (Lipinski definition) is 5. The minimum atomic E-state index is -0.0319. The van der Waals surface area contributed by atoms with E-state index in [1.165, 1.54) is 6.07 Å². The van der Waals surface area contributed by atoms with Crippen LogP contribution in [0.1, 0.15) is 46.5 Å². The maximum Gasteiger partial charge on any atom is 0.184 e. The normalized spacial score (nSPS) is 15.6. The quantitative estimate of drug-likeness (QED) is 0.512. The molecule has 1 fully saturated rings. The van der Waals surface area contributed by atoms with Crippen LogP contribution in [-0.4, -0.2) is 35.4 Å². The molecule has 0 unspecified atom stereocenters. The monoisotopic (exact) mass is 389 g/mol. The third-order valence-electron chi connectivity index (χ3n) is 5.51. The summed E-state index contributed by atoms with van der Waals surface area (Å²) in [5.41, 5.74) is 2.35. The average molecular weight is 389 g/mol. The Bertz CT molecular complexity index is 1050. The lowest BCUT2D eigenvalue weighted by atomic mass is 9.90. The van der Waals surface area contributed by atoms with Gasteiger partial charge in [0.2, 0.25) is 0 Å². The number of benzene rings is 2. The van der Waals surface area contributed by atoms with Gasteiger partial charge in [-0.25, -0.2) is 4.98 Å². The highest BCUT2D eigenvalue weighted by Gasteiger charge is 2.22. The second kappa shape index (κ2) is 8.53.